The molecule has 0 bridgehead atoms. The molecule has 0 aliphatic carbocycles. The Morgan fingerprint density at radius 3 is 2.78 bits per heavy atom. The first-order valence-corrected chi connectivity index (χ1v) is 5.84. The number of hydrogen-bond donors (Lipinski definition) is 1. The number of nitrogens with two attached hydrogens (primary N) is 1. The first kappa shape index (κ1) is 10.9. The van der Waals surface area contributed by atoms with Crippen molar-refractivity contribution in [3.63, 3.8) is 0 Å². The minimum absolute atomic E-state index is 0.238. The van der Waals surface area contributed by atoms with Crippen LogP contribution < -0.4 is 5.73 Å². The highest BCUT2D eigenvalue weighted by atomic mass is 15.1. The van der Waals surface area contributed by atoms with Crippen LogP contribution in [0, 0.1) is 0 Å². The predicted molar refractivity (Wildman–Crippen MR) is 71.0 cm³/mol. The molecule has 0 saturated heterocycles. The van der Waals surface area contributed by atoms with Crippen molar-refractivity contribution in [2.45, 2.75) is 6.04 Å². The molecule has 90 valence electrons. The average Bonchev–Trinajstić information content (AvgIpc) is 2.83. The Hall–Kier alpha value is -2.20. The maximum Gasteiger partial charge on any atom is 0.129 e. The quantitative estimate of drug-likeness (QED) is 0.743. The van der Waals surface area contributed by atoms with Gasteiger partial charge in [0.2, 0.25) is 0 Å². The smallest absolute Gasteiger partial charge is 0.129 e. The van der Waals surface area contributed by atoms with E-state index < -0.39 is 0 Å². The first-order chi connectivity index (χ1) is 8.77. The largest absolute Gasteiger partial charge is 0.336 e. The molecule has 1 unspecified atom stereocenters. The number of hydrogen-bond acceptors (Lipinski definition) is 3. The van der Waals surface area contributed by atoms with Crippen molar-refractivity contribution >= 4 is 10.9 Å². The van der Waals surface area contributed by atoms with E-state index in [0.717, 1.165) is 22.3 Å². The highest BCUT2D eigenvalue weighted by molar-refractivity contribution is 5.82. The van der Waals surface area contributed by atoms with Gasteiger partial charge < -0.3 is 10.3 Å². The van der Waals surface area contributed by atoms with Crippen molar-refractivity contribution in [3.05, 3.63) is 60.3 Å². The van der Waals surface area contributed by atoms with E-state index in [1.54, 1.807) is 12.4 Å². The van der Waals surface area contributed by atoms with Gasteiger partial charge in [0.1, 0.15) is 5.82 Å². The Morgan fingerprint density at radius 2 is 2.00 bits per heavy atom. The summed E-state index contributed by atoms with van der Waals surface area (Å²) >= 11 is 0. The van der Waals surface area contributed by atoms with Gasteiger partial charge in [-0.15, -0.1) is 0 Å². The van der Waals surface area contributed by atoms with Gasteiger partial charge in [0.05, 0.1) is 11.6 Å². The van der Waals surface area contributed by atoms with Crippen LogP contribution in [0.4, 0.5) is 0 Å². The molecule has 2 aromatic heterocycles. The zero-order valence-electron chi connectivity index (χ0n) is 10.1. The van der Waals surface area contributed by atoms with Crippen molar-refractivity contribution < 1.29 is 0 Å². The van der Waals surface area contributed by atoms with Gasteiger partial charge >= 0.3 is 0 Å². The van der Waals surface area contributed by atoms with Crippen molar-refractivity contribution in [3.8, 4) is 0 Å². The predicted octanol–water partition coefficient (Wildman–Crippen LogP) is 2.02. The molecule has 18 heavy (non-hydrogen) atoms. The molecule has 0 spiro atoms. The molecule has 3 rings (SSSR count). The summed E-state index contributed by atoms with van der Waals surface area (Å²) in [4.78, 5) is 8.66. The number of imidazole rings is 1. The van der Waals surface area contributed by atoms with E-state index in [4.69, 9.17) is 5.73 Å². The molecule has 0 fully saturated rings. The Kier molecular flexibility index (Phi) is 2.57. The fourth-order valence-corrected chi connectivity index (χ4v) is 2.21. The van der Waals surface area contributed by atoms with Crippen LogP contribution in [-0.4, -0.2) is 14.5 Å². The highest BCUT2D eigenvalue weighted by Gasteiger charge is 2.15. The van der Waals surface area contributed by atoms with Crippen molar-refractivity contribution in [2.24, 2.45) is 12.8 Å². The third-order valence-electron chi connectivity index (χ3n) is 3.15. The van der Waals surface area contributed by atoms with Crippen LogP contribution in [0.1, 0.15) is 17.4 Å². The van der Waals surface area contributed by atoms with Crippen LogP contribution in [0.15, 0.2) is 48.9 Å². The summed E-state index contributed by atoms with van der Waals surface area (Å²) in [6.45, 7) is 0. The second-order valence-electron chi connectivity index (χ2n) is 4.29. The molecule has 1 atom stereocenters. The monoisotopic (exact) mass is 238 g/mol. The zero-order valence-corrected chi connectivity index (χ0v) is 10.1. The molecule has 4 nitrogen and oxygen atoms in total. The van der Waals surface area contributed by atoms with Gasteiger partial charge in [-0.05, 0) is 17.7 Å². The molecule has 0 radical (unpaired) electrons. The third kappa shape index (κ3) is 1.67. The fourth-order valence-electron chi connectivity index (χ4n) is 2.21. The summed E-state index contributed by atoms with van der Waals surface area (Å²) in [5, 5.41) is 1.08. The van der Waals surface area contributed by atoms with E-state index in [2.05, 4.69) is 9.97 Å². The van der Waals surface area contributed by atoms with Crippen molar-refractivity contribution in [1.29, 1.82) is 0 Å². The number of pyridine rings is 1. The number of nitrogens with zero attached hydrogens (tertiary/aromatic N) is 3. The Labute approximate surface area is 105 Å². The van der Waals surface area contributed by atoms with Crippen LogP contribution in [0.25, 0.3) is 10.9 Å². The Bertz CT molecular complexity index is 682. The van der Waals surface area contributed by atoms with E-state index in [1.807, 2.05) is 48.1 Å². The maximum absolute atomic E-state index is 6.32. The molecular weight excluding hydrogens is 224 g/mol. The molecule has 3 aromatic rings. The lowest BCUT2D eigenvalue weighted by Crippen LogP contribution is -2.16. The number of aryl methyl sites for hydroxylation is 1. The van der Waals surface area contributed by atoms with Crippen LogP contribution >= 0.6 is 0 Å². The molecule has 2 heterocycles. The summed E-state index contributed by atoms with van der Waals surface area (Å²) in [7, 11) is 1.95. The van der Waals surface area contributed by atoms with Gasteiger partial charge in [0.25, 0.3) is 0 Å². The average molecular weight is 238 g/mol. The lowest BCUT2D eigenvalue weighted by molar-refractivity contribution is 0.720. The molecule has 0 aliphatic rings. The highest BCUT2D eigenvalue weighted by Crippen LogP contribution is 2.25. The third-order valence-corrected chi connectivity index (χ3v) is 3.15. The first-order valence-electron chi connectivity index (χ1n) is 5.84. The minimum Gasteiger partial charge on any atom is -0.336 e. The molecule has 1 aromatic carbocycles. The van der Waals surface area contributed by atoms with Gasteiger partial charge in [-0.3, -0.25) is 4.98 Å². The van der Waals surface area contributed by atoms with E-state index in [0.29, 0.717) is 0 Å². The summed E-state index contributed by atoms with van der Waals surface area (Å²) in [6.07, 6.45) is 5.45. The van der Waals surface area contributed by atoms with E-state index in [-0.39, 0.29) is 6.04 Å². The summed E-state index contributed by atoms with van der Waals surface area (Å²) < 4.78 is 1.94. The van der Waals surface area contributed by atoms with Crippen LogP contribution in [0.3, 0.4) is 0 Å². The Morgan fingerprint density at radius 1 is 1.11 bits per heavy atom. The number of rotatable bonds is 2. The van der Waals surface area contributed by atoms with E-state index in [9.17, 15) is 0 Å². The lowest BCUT2D eigenvalue weighted by atomic mass is 10.0. The van der Waals surface area contributed by atoms with Gasteiger partial charge in [-0.25, -0.2) is 4.98 Å². The van der Waals surface area contributed by atoms with Crippen LogP contribution in [-0.2, 0) is 7.05 Å². The normalized spacial score (nSPS) is 12.8. The second-order valence-corrected chi connectivity index (χ2v) is 4.29. The molecule has 2 N–H and O–H groups in total. The zero-order chi connectivity index (χ0) is 12.5. The molecule has 0 aliphatic heterocycles. The summed E-state index contributed by atoms with van der Waals surface area (Å²) in [6, 6.07) is 9.73. The summed E-state index contributed by atoms with van der Waals surface area (Å²) in [5.41, 5.74) is 8.33. The lowest BCUT2D eigenvalue weighted by Gasteiger charge is -2.14. The molecular formula is C14H14N4. The fraction of sp³-hybridized carbons (Fsp3) is 0.143. The van der Waals surface area contributed by atoms with Crippen molar-refractivity contribution in [2.75, 3.05) is 0 Å². The Balaban J connectivity index is 2.18. The minimum atomic E-state index is -0.238. The number of aromatic nitrogens is 3. The van der Waals surface area contributed by atoms with E-state index in [1.165, 1.54) is 0 Å². The number of fused-ring (bicyclic) bond motifs is 1. The second kappa shape index (κ2) is 4.23. The number of benzene rings is 1. The SMILES string of the molecule is Cn1ccnc1C(N)c1cccc2ncccc12. The van der Waals surface area contributed by atoms with Gasteiger partial charge in [0.15, 0.2) is 0 Å². The summed E-state index contributed by atoms with van der Waals surface area (Å²) in [5.74, 6) is 0.853. The van der Waals surface area contributed by atoms with Gasteiger partial charge in [-0.2, -0.15) is 0 Å². The van der Waals surface area contributed by atoms with Crippen LogP contribution in [0.5, 0.6) is 0 Å². The molecule has 4 heteroatoms. The van der Waals surface area contributed by atoms with E-state index >= 15 is 0 Å². The standard InChI is InChI=1S/C14H14N4/c1-18-9-8-17-14(18)13(15)11-4-2-6-12-10(11)5-3-7-16-12/h2-9,13H,15H2,1H3. The van der Waals surface area contributed by atoms with Crippen molar-refractivity contribution in [1.82, 2.24) is 14.5 Å². The molecule has 0 amide bonds. The van der Waals surface area contributed by atoms with Gasteiger partial charge in [-0.1, -0.05) is 18.2 Å². The topological polar surface area (TPSA) is 56.7 Å². The molecule has 0 saturated carbocycles. The van der Waals surface area contributed by atoms with Gasteiger partial charge in [0, 0.05) is 31.0 Å². The van der Waals surface area contributed by atoms with Crippen LogP contribution in [0.2, 0.25) is 0 Å². The maximum atomic E-state index is 6.32.